The Morgan fingerprint density at radius 1 is 1.47 bits per heavy atom. The van der Waals surface area contributed by atoms with Gasteiger partial charge in [-0.1, -0.05) is 13.0 Å². The van der Waals surface area contributed by atoms with E-state index in [1.54, 1.807) is 7.11 Å². The molecule has 17 heavy (non-hydrogen) atoms. The fourth-order valence-corrected chi connectivity index (χ4v) is 2.74. The molecule has 1 atom stereocenters. The first kappa shape index (κ1) is 12.0. The summed E-state index contributed by atoms with van der Waals surface area (Å²) in [6.07, 6.45) is 3.75. The Labute approximate surface area is 101 Å². The molecule has 3 nitrogen and oxygen atoms in total. The highest BCUT2D eigenvalue weighted by Gasteiger charge is 2.27. The van der Waals surface area contributed by atoms with E-state index in [1.165, 1.54) is 11.1 Å². The quantitative estimate of drug-likeness (QED) is 0.871. The number of hydrogen-bond donors (Lipinski definition) is 1. The molecule has 2 rings (SSSR count). The van der Waals surface area contributed by atoms with Crippen molar-refractivity contribution in [2.75, 3.05) is 7.11 Å². The highest BCUT2D eigenvalue weighted by molar-refractivity contribution is 5.78. The van der Waals surface area contributed by atoms with Gasteiger partial charge >= 0.3 is 5.97 Å². The van der Waals surface area contributed by atoms with Crippen molar-refractivity contribution in [3.8, 4) is 5.75 Å². The van der Waals surface area contributed by atoms with Gasteiger partial charge in [0.15, 0.2) is 0 Å². The minimum atomic E-state index is -0.758. The van der Waals surface area contributed by atoms with Gasteiger partial charge in [0, 0.05) is 5.56 Å². The maximum Gasteiger partial charge on any atom is 0.311 e. The first-order chi connectivity index (χ1) is 8.19. The molecule has 0 fully saturated rings. The summed E-state index contributed by atoms with van der Waals surface area (Å²) in [5, 5.41) is 9.32. The van der Waals surface area contributed by atoms with Crippen molar-refractivity contribution in [1.29, 1.82) is 0 Å². The molecule has 3 heteroatoms. The third-order valence-electron chi connectivity index (χ3n) is 3.56. The molecule has 0 amide bonds. The number of carbonyl (C=O) groups is 1. The van der Waals surface area contributed by atoms with Crippen molar-refractivity contribution in [3.63, 3.8) is 0 Å². The van der Waals surface area contributed by atoms with E-state index in [4.69, 9.17) is 4.74 Å². The molecule has 1 unspecified atom stereocenters. The Morgan fingerprint density at radius 3 is 2.82 bits per heavy atom. The number of ether oxygens (including phenoxy) is 1. The minimum Gasteiger partial charge on any atom is -0.496 e. The molecule has 1 aliphatic rings. The number of hydrogen-bond acceptors (Lipinski definition) is 2. The van der Waals surface area contributed by atoms with E-state index in [-0.39, 0.29) is 0 Å². The molecule has 92 valence electrons. The summed E-state index contributed by atoms with van der Waals surface area (Å²) >= 11 is 0. The highest BCUT2D eigenvalue weighted by atomic mass is 16.5. The Kier molecular flexibility index (Phi) is 3.36. The van der Waals surface area contributed by atoms with E-state index in [0.29, 0.717) is 6.42 Å². The molecule has 1 aromatic carbocycles. The van der Waals surface area contributed by atoms with E-state index >= 15 is 0 Å². The summed E-state index contributed by atoms with van der Waals surface area (Å²) in [6.45, 7) is 1.91. The molecule has 1 aromatic rings. The number of fused-ring (bicyclic) bond motifs is 1. The van der Waals surface area contributed by atoms with E-state index in [1.807, 2.05) is 13.0 Å². The maximum atomic E-state index is 11.3. The van der Waals surface area contributed by atoms with Crippen LogP contribution in [-0.4, -0.2) is 18.2 Å². The van der Waals surface area contributed by atoms with Crippen LogP contribution in [0.2, 0.25) is 0 Å². The summed E-state index contributed by atoms with van der Waals surface area (Å²) in [5.74, 6) is -0.482. The number of carboxylic acids is 1. The molecule has 0 aromatic heterocycles. The minimum absolute atomic E-state index is 0.446. The van der Waals surface area contributed by atoms with Gasteiger partial charge in [0.25, 0.3) is 0 Å². The second kappa shape index (κ2) is 4.78. The van der Waals surface area contributed by atoms with Gasteiger partial charge in [-0.2, -0.15) is 0 Å². The first-order valence-electron chi connectivity index (χ1n) is 6.10. The van der Waals surface area contributed by atoms with Crippen LogP contribution in [0, 0.1) is 0 Å². The molecule has 0 bridgehead atoms. The van der Waals surface area contributed by atoms with E-state index < -0.39 is 11.9 Å². The van der Waals surface area contributed by atoms with Gasteiger partial charge in [-0.15, -0.1) is 0 Å². The van der Waals surface area contributed by atoms with Gasteiger partial charge in [0.1, 0.15) is 5.75 Å². The molecule has 0 radical (unpaired) electrons. The summed E-state index contributed by atoms with van der Waals surface area (Å²) in [7, 11) is 1.61. The fraction of sp³-hybridized carbons (Fsp3) is 0.500. The van der Waals surface area contributed by atoms with Crippen LogP contribution < -0.4 is 4.74 Å². The summed E-state index contributed by atoms with van der Waals surface area (Å²) in [6, 6.07) is 3.98. The third-order valence-corrected chi connectivity index (χ3v) is 3.56. The predicted molar refractivity (Wildman–Crippen MR) is 65.7 cm³/mol. The monoisotopic (exact) mass is 234 g/mol. The van der Waals surface area contributed by atoms with Gasteiger partial charge in [0.2, 0.25) is 0 Å². The van der Waals surface area contributed by atoms with Crippen LogP contribution in [0.25, 0.3) is 0 Å². The summed E-state index contributed by atoms with van der Waals surface area (Å²) in [5.41, 5.74) is 3.40. The number of carboxylic acid groups (broad SMARTS) is 1. The average Bonchev–Trinajstić information content (AvgIpc) is 2.77. The number of aryl methyl sites for hydroxylation is 1. The van der Waals surface area contributed by atoms with Gasteiger partial charge in [-0.05, 0) is 42.9 Å². The Hall–Kier alpha value is -1.51. The van der Waals surface area contributed by atoms with Gasteiger partial charge in [-0.25, -0.2) is 0 Å². The van der Waals surface area contributed by atoms with Crippen LogP contribution >= 0.6 is 0 Å². The molecule has 1 aliphatic carbocycles. The SMILES string of the molecule is CCC(C(=O)O)c1c(OC)ccc2c1CCC2. The van der Waals surface area contributed by atoms with Gasteiger partial charge in [0.05, 0.1) is 13.0 Å². The average molecular weight is 234 g/mol. The van der Waals surface area contributed by atoms with Crippen molar-refractivity contribution in [2.24, 2.45) is 0 Å². The number of benzene rings is 1. The van der Waals surface area contributed by atoms with Crippen molar-refractivity contribution >= 4 is 5.97 Å². The van der Waals surface area contributed by atoms with Crippen LogP contribution in [0.5, 0.6) is 5.75 Å². The van der Waals surface area contributed by atoms with Crippen molar-refractivity contribution < 1.29 is 14.6 Å². The van der Waals surface area contributed by atoms with Crippen molar-refractivity contribution in [1.82, 2.24) is 0 Å². The zero-order valence-electron chi connectivity index (χ0n) is 10.3. The normalized spacial score (nSPS) is 15.4. The van der Waals surface area contributed by atoms with Crippen LogP contribution in [0.1, 0.15) is 42.4 Å². The lowest BCUT2D eigenvalue weighted by atomic mass is 9.89. The molecule has 0 spiro atoms. The molecular formula is C14H18O3. The van der Waals surface area contributed by atoms with Crippen molar-refractivity contribution in [3.05, 3.63) is 28.8 Å². The van der Waals surface area contributed by atoms with E-state index in [0.717, 1.165) is 30.6 Å². The number of methoxy groups -OCH3 is 1. The van der Waals surface area contributed by atoms with Gasteiger partial charge in [-0.3, -0.25) is 4.79 Å². The fourth-order valence-electron chi connectivity index (χ4n) is 2.74. The van der Waals surface area contributed by atoms with Crippen LogP contribution in [0.3, 0.4) is 0 Å². The lowest BCUT2D eigenvalue weighted by Gasteiger charge is -2.18. The van der Waals surface area contributed by atoms with Crippen LogP contribution in [0.4, 0.5) is 0 Å². The smallest absolute Gasteiger partial charge is 0.311 e. The third kappa shape index (κ3) is 2.02. The topological polar surface area (TPSA) is 46.5 Å². The van der Waals surface area contributed by atoms with Crippen LogP contribution in [0.15, 0.2) is 12.1 Å². The van der Waals surface area contributed by atoms with E-state index in [9.17, 15) is 9.90 Å². The van der Waals surface area contributed by atoms with E-state index in [2.05, 4.69) is 6.07 Å². The number of rotatable bonds is 4. The molecule has 0 heterocycles. The number of aliphatic carboxylic acids is 1. The summed E-state index contributed by atoms with van der Waals surface area (Å²) in [4.78, 5) is 11.3. The summed E-state index contributed by atoms with van der Waals surface area (Å²) < 4.78 is 5.34. The standard InChI is InChI=1S/C14H18O3/c1-3-10(14(15)16)13-11-6-4-5-9(11)7-8-12(13)17-2/h7-8,10H,3-6H2,1-2H3,(H,15,16). The molecule has 0 aliphatic heterocycles. The zero-order valence-corrected chi connectivity index (χ0v) is 10.3. The lowest BCUT2D eigenvalue weighted by molar-refractivity contribution is -0.138. The Bertz CT molecular complexity index is 437. The molecule has 0 saturated heterocycles. The van der Waals surface area contributed by atoms with Crippen LogP contribution in [-0.2, 0) is 17.6 Å². The first-order valence-corrected chi connectivity index (χ1v) is 6.10. The molecular weight excluding hydrogens is 216 g/mol. The highest BCUT2D eigenvalue weighted by Crippen LogP contribution is 2.38. The second-order valence-corrected chi connectivity index (χ2v) is 4.47. The predicted octanol–water partition coefficient (Wildman–Crippen LogP) is 2.76. The zero-order chi connectivity index (χ0) is 12.4. The lowest BCUT2D eigenvalue weighted by Crippen LogP contribution is -2.14. The molecule has 0 saturated carbocycles. The second-order valence-electron chi connectivity index (χ2n) is 4.47. The largest absolute Gasteiger partial charge is 0.496 e. The maximum absolute atomic E-state index is 11.3. The Morgan fingerprint density at radius 2 is 2.24 bits per heavy atom. The van der Waals surface area contributed by atoms with Crippen molar-refractivity contribution in [2.45, 2.75) is 38.5 Å². The van der Waals surface area contributed by atoms with Gasteiger partial charge < -0.3 is 9.84 Å². The molecule has 1 N–H and O–H groups in total. The Balaban J connectivity index is 2.56.